The van der Waals surface area contributed by atoms with E-state index in [-0.39, 0.29) is 16.5 Å². The van der Waals surface area contributed by atoms with Crippen LogP contribution in [-0.2, 0) is 11.0 Å². The lowest BCUT2D eigenvalue weighted by Crippen LogP contribution is -2.31. The van der Waals surface area contributed by atoms with Gasteiger partial charge in [0.15, 0.2) is 6.10 Å². The second-order valence-electron chi connectivity index (χ2n) is 6.75. The Kier molecular flexibility index (Phi) is 6.49. The number of nitrogens with zero attached hydrogens (tertiary/aromatic N) is 1. The molecular formula is C20H19Cl2F3N2O2. The summed E-state index contributed by atoms with van der Waals surface area (Å²) in [6, 6.07) is 7.93. The van der Waals surface area contributed by atoms with Crippen LogP contribution in [0.3, 0.4) is 0 Å². The van der Waals surface area contributed by atoms with Crippen LogP contribution in [0.5, 0.6) is 5.75 Å². The molecule has 4 nitrogen and oxygen atoms in total. The van der Waals surface area contributed by atoms with Crippen molar-refractivity contribution in [1.29, 1.82) is 0 Å². The topological polar surface area (TPSA) is 41.6 Å². The third-order valence-electron chi connectivity index (χ3n) is 4.60. The molecule has 1 aliphatic heterocycles. The number of benzene rings is 2. The molecule has 29 heavy (non-hydrogen) atoms. The van der Waals surface area contributed by atoms with Crippen molar-refractivity contribution in [2.75, 3.05) is 23.3 Å². The van der Waals surface area contributed by atoms with Crippen molar-refractivity contribution in [2.45, 2.75) is 32.0 Å². The summed E-state index contributed by atoms with van der Waals surface area (Å²) >= 11 is 11.9. The fraction of sp³-hybridized carbons (Fsp3) is 0.350. The van der Waals surface area contributed by atoms with Gasteiger partial charge in [0.2, 0.25) is 0 Å². The van der Waals surface area contributed by atoms with Gasteiger partial charge in [-0.25, -0.2) is 0 Å². The fourth-order valence-electron chi connectivity index (χ4n) is 3.10. The largest absolute Gasteiger partial charge is 0.479 e. The molecule has 0 aliphatic carbocycles. The zero-order chi connectivity index (χ0) is 21.2. The van der Waals surface area contributed by atoms with Crippen molar-refractivity contribution in [3.05, 3.63) is 52.0 Å². The van der Waals surface area contributed by atoms with Crippen LogP contribution >= 0.6 is 23.2 Å². The Hall–Kier alpha value is -2.12. The minimum absolute atomic E-state index is 0.101. The number of ether oxygens (including phenoxy) is 1. The normalized spacial score (nSPS) is 15.3. The lowest BCUT2D eigenvalue weighted by Gasteiger charge is -2.24. The average molecular weight is 447 g/mol. The maximum atomic E-state index is 13.2. The average Bonchev–Trinajstić information content (AvgIpc) is 3.17. The molecule has 0 saturated carbocycles. The zero-order valence-corrected chi connectivity index (χ0v) is 17.0. The number of amides is 1. The van der Waals surface area contributed by atoms with Gasteiger partial charge >= 0.3 is 6.18 Å². The van der Waals surface area contributed by atoms with Crippen molar-refractivity contribution in [3.63, 3.8) is 0 Å². The van der Waals surface area contributed by atoms with Gasteiger partial charge in [-0.3, -0.25) is 4.79 Å². The summed E-state index contributed by atoms with van der Waals surface area (Å²) in [6.07, 6.45) is -3.61. The Labute approximate surface area is 176 Å². The summed E-state index contributed by atoms with van der Waals surface area (Å²) in [4.78, 5) is 14.6. The van der Waals surface area contributed by atoms with Crippen LogP contribution < -0.4 is 15.0 Å². The third kappa shape index (κ3) is 5.28. The van der Waals surface area contributed by atoms with Crippen LogP contribution in [0, 0.1) is 0 Å². The number of hydrogen-bond donors (Lipinski definition) is 1. The van der Waals surface area contributed by atoms with Gasteiger partial charge < -0.3 is 15.0 Å². The number of nitrogens with one attached hydrogen (secondary N) is 1. The highest BCUT2D eigenvalue weighted by Crippen LogP contribution is 2.37. The van der Waals surface area contributed by atoms with E-state index in [1.807, 2.05) is 4.90 Å². The minimum Gasteiger partial charge on any atom is -0.479 e. The molecule has 1 heterocycles. The number of carbonyl (C=O) groups excluding carboxylic acids is 1. The standard InChI is InChI=1S/C20H19Cl2F3N2O2/c1-12(29-18-7-5-14(21)11-15(18)22)19(28)26-16-10-13(20(23,24)25)4-6-17(16)27-8-2-3-9-27/h4-7,10-12H,2-3,8-9H2,1H3,(H,26,28)/t12-/m0/s1. The second-order valence-corrected chi connectivity index (χ2v) is 7.59. The molecule has 0 radical (unpaired) electrons. The van der Waals surface area contributed by atoms with E-state index < -0.39 is 23.8 Å². The first-order valence-electron chi connectivity index (χ1n) is 9.04. The smallest absolute Gasteiger partial charge is 0.416 e. The van der Waals surface area contributed by atoms with E-state index in [0.717, 1.165) is 38.1 Å². The summed E-state index contributed by atoms with van der Waals surface area (Å²) < 4.78 is 45.0. The van der Waals surface area contributed by atoms with Crippen molar-refractivity contribution < 1.29 is 22.7 Å². The monoisotopic (exact) mass is 446 g/mol. The first-order chi connectivity index (χ1) is 13.6. The molecule has 1 aliphatic rings. The number of rotatable bonds is 5. The van der Waals surface area contributed by atoms with E-state index in [4.69, 9.17) is 27.9 Å². The minimum atomic E-state index is -4.51. The highest BCUT2D eigenvalue weighted by Gasteiger charge is 2.32. The number of carbonyl (C=O) groups is 1. The Morgan fingerprint density at radius 3 is 2.45 bits per heavy atom. The van der Waals surface area contributed by atoms with Gasteiger partial charge in [-0.05, 0) is 56.2 Å². The quantitative estimate of drug-likeness (QED) is 0.610. The summed E-state index contributed by atoms with van der Waals surface area (Å²) in [5.41, 5.74) is -0.171. The van der Waals surface area contributed by atoms with Gasteiger partial charge in [-0.2, -0.15) is 13.2 Å². The van der Waals surface area contributed by atoms with Crippen LogP contribution in [0.25, 0.3) is 0 Å². The summed E-state index contributed by atoms with van der Waals surface area (Å²) in [5, 5.41) is 3.22. The third-order valence-corrected chi connectivity index (χ3v) is 5.13. The van der Waals surface area contributed by atoms with Crippen molar-refractivity contribution >= 4 is 40.5 Å². The van der Waals surface area contributed by atoms with Gasteiger partial charge in [-0.15, -0.1) is 0 Å². The van der Waals surface area contributed by atoms with E-state index in [0.29, 0.717) is 10.7 Å². The molecular weight excluding hydrogens is 428 g/mol. The fourth-order valence-corrected chi connectivity index (χ4v) is 3.55. The van der Waals surface area contributed by atoms with Crippen LogP contribution in [0.15, 0.2) is 36.4 Å². The van der Waals surface area contributed by atoms with Gasteiger partial charge in [0, 0.05) is 18.1 Å². The first-order valence-corrected chi connectivity index (χ1v) is 9.79. The zero-order valence-electron chi connectivity index (χ0n) is 15.5. The van der Waals surface area contributed by atoms with Crippen LogP contribution in [0.1, 0.15) is 25.3 Å². The lowest BCUT2D eigenvalue weighted by molar-refractivity contribution is -0.137. The van der Waals surface area contributed by atoms with Crippen LogP contribution in [0.4, 0.5) is 24.5 Å². The molecule has 0 unspecified atom stereocenters. The summed E-state index contributed by atoms with van der Waals surface area (Å²) in [6.45, 7) is 2.94. The van der Waals surface area contributed by atoms with Crippen molar-refractivity contribution in [3.8, 4) is 5.75 Å². The molecule has 0 spiro atoms. The Balaban J connectivity index is 1.81. The Bertz CT molecular complexity index is 900. The molecule has 1 amide bonds. The summed E-state index contributed by atoms with van der Waals surface area (Å²) in [7, 11) is 0. The van der Waals surface area contributed by atoms with E-state index in [2.05, 4.69) is 5.32 Å². The van der Waals surface area contributed by atoms with E-state index in [1.54, 1.807) is 6.07 Å². The molecule has 0 bridgehead atoms. The van der Waals surface area contributed by atoms with E-state index in [9.17, 15) is 18.0 Å². The molecule has 3 rings (SSSR count). The highest BCUT2D eigenvalue weighted by molar-refractivity contribution is 6.35. The Morgan fingerprint density at radius 1 is 1.14 bits per heavy atom. The number of halogens is 5. The highest BCUT2D eigenvalue weighted by atomic mass is 35.5. The van der Waals surface area contributed by atoms with Crippen LogP contribution in [-0.4, -0.2) is 25.1 Å². The van der Waals surface area contributed by atoms with E-state index >= 15 is 0 Å². The lowest BCUT2D eigenvalue weighted by atomic mass is 10.1. The molecule has 9 heteroatoms. The predicted octanol–water partition coefficient (Wildman–Crippen LogP) is 6.02. The number of anilines is 2. The number of hydrogen-bond acceptors (Lipinski definition) is 3. The molecule has 2 aromatic rings. The molecule has 1 saturated heterocycles. The molecule has 1 atom stereocenters. The molecule has 1 fully saturated rings. The second kappa shape index (κ2) is 8.71. The maximum Gasteiger partial charge on any atom is 0.416 e. The predicted molar refractivity (Wildman–Crippen MR) is 108 cm³/mol. The SMILES string of the molecule is C[C@H](Oc1ccc(Cl)cc1Cl)C(=O)Nc1cc(C(F)(F)F)ccc1N1CCCC1. The first kappa shape index (κ1) is 21.6. The van der Waals surface area contributed by atoms with Gasteiger partial charge in [-0.1, -0.05) is 23.2 Å². The van der Waals surface area contributed by atoms with Gasteiger partial charge in [0.05, 0.1) is 22.0 Å². The molecule has 156 valence electrons. The van der Waals surface area contributed by atoms with Crippen molar-refractivity contribution in [1.82, 2.24) is 0 Å². The molecule has 2 aromatic carbocycles. The van der Waals surface area contributed by atoms with Gasteiger partial charge in [0.1, 0.15) is 5.75 Å². The summed E-state index contributed by atoms with van der Waals surface area (Å²) in [5.74, 6) is -0.335. The van der Waals surface area contributed by atoms with Gasteiger partial charge in [0.25, 0.3) is 5.91 Å². The van der Waals surface area contributed by atoms with Crippen molar-refractivity contribution in [2.24, 2.45) is 0 Å². The maximum absolute atomic E-state index is 13.2. The molecule has 1 N–H and O–H groups in total. The Morgan fingerprint density at radius 2 is 1.83 bits per heavy atom. The number of alkyl halides is 3. The van der Waals surface area contributed by atoms with Crippen LogP contribution in [0.2, 0.25) is 10.0 Å². The molecule has 0 aromatic heterocycles. The van der Waals surface area contributed by atoms with E-state index in [1.165, 1.54) is 25.1 Å².